The van der Waals surface area contributed by atoms with Crippen molar-refractivity contribution in [2.75, 3.05) is 0 Å². The minimum Gasteiger partial charge on any atom is -0.0616 e. The minimum absolute atomic E-state index is 1.16. The van der Waals surface area contributed by atoms with E-state index in [2.05, 4.69) is 69.1 Å². The maximum Gasteiger partial charge on any atom is 0.0283 e. The Morgan fingerprint density at radius 1 is 1.00 bits per heavy atom. The summed E-state index contributed by atoms with van der Waals surface area (Å²) in [7, 11) is 0. The van der Waals surface area contributed by atoms with Gasteiger partial charge in [0.25, 0.3) is 0 Å². The van der Waals surface area contributed by atoms with Gasteiger partial charge in [0.15, 0.2) is 0 Å². The van der Waals surface area contributed by atoms with E-state index in [1.54, 1.807) is 0 Å². The van der Waals surface area contributed by atoms with E-state index in [0.717, 1.165) is 4.47 Å². The maximum absolute atomic E-state index is 3.59. The molecule has 13 heavy (non-hydrogen) atoms. The molecule has 0 saturated heterocycles. The molecule has 2 aromatic rings. The summed E-state index contributed by atoms with van der Waals surface area (Å²) in [6.45, 7) is 2.10. The van der Waals surface area contributed by atoms with Crippen molar-refractivity contribution in [1.29, 1.82) is 0 Å². The Morgan fingerprint density at radius 2 is 1.62 bits per heavy atom. The Kier molecular flexibility index (Phi) is 2.43. The summed E-state index contributed by atoms with van der Waals surface area (Å²) in [5.41, 5.74) is 1.26. The molecule has 0 spiro atoms. The molecule has 0 saturated carbocycles. The molecule has 0 nitrogen and oxygen atoms in total. The van der Waals surface area contributed by atoms with Crippen LogP contribution in [0.1, 0.15) is 5.56 Å². The van der Waals surface area contributed by atoms with Gasteiger partial charge >= 0.3 is 0 Å². The number of benzene rings is 2. The summed E-state index contributed by atoms with van der Waals surface area (Å²) in [5, 5.41) is 2.51. The largest absolute Gasteiger partial charge is 0.0616 e. The van der Waals surface area contributed by atoms with Gasteiger partial charge in [-0.15, -0.1) is 0 Å². The van der Waals surface area contributed by atoms with E-state index in [1.165, 1.54) is 20.8 Å². The minimum atomic E-state index is 1.16. The van der Waals surface area contributed by atoms with Crippen LogP contribution in [0.2, 0.25) is 0 Å². The number of halogens is 2. The molecule has 0 heterocycles. The molecule has 0 atom stereocenters. The van der Waals surface area contributed by atoms with Gasteiger partial charge in [0.1, 0.15) is 0 Å². The zero-order chi connectivity index (χ0) is 9.42. The molecule has 0 unspecified atom stereocenters. The van der Waals surface area contributed by atoms with Crippen LogP contribution < -0.4 is 0 Å². The third-order valence-electron chi connectivity index (χ3n) is 2.11. The Morgan fingerprint density at radius 3 is 2.31 bits per heavy atom. The highest BCUT2D eigenvalue weighted by atomic mass is 79.9. The summed E-state index contributed by atoms with van der Waals surface area (Å²) in [4.78, 5) is 0. The molecule has 0 aliphatic rings. The third kappa shape index (κ3) is 1.53. The summed E-state index contributed by atoms with van der Waals surface area (Å²) in [5.74, 6) is 0. The quantitative estimate of drug-likeness (QED) is 0.663. The van der Waals surface area contributed by atoms with Crippen LogP contribution >= 0.6 is 31.9 Å². The average molecular weight is 300 g/mol. The molecular formula is C11H8Br2. The van der Waals surface area contributed by atoms with Crippen molar-refractivity contribution in [1.82, 2.24) is 0 Å². The molecule has 0 aromatic heterocycles. The Labute approximate surface area is 94.2 Å². The van der Waals surface area contributed by atoms with Gasteiger partial charge in [0, 0.05) is 8.95 Å². The molecule has 66 valence electrons. The molecule has 2 aromatic carbocycles. The normalized spacial score (nSPS) is 10.7. The lowest BCUT2D eigenvalue weighted by Gasteiger charge is -2.05. The molecule has 2 rings (SSSR count). The predicted octanol–water partition coefficient (Wildman–Crippen LogP) is 4.67. The molecule has 0 fully saturated rings. The van der Waals surface area contributed by atoms with E-state index in [1.807, 2.05) is 0 Å². The highest BCUT2D eigenvalue weighted by Crippen LogP contribution is 2.32. The first-order chi connectivity index (χ1) is 6.20. The van der Waals surface area contributed by atoms with Gasteiger partial charge in [-0.3, -0.25) is 0 Å². The molecule has 0 N–H and O–H groups in total. The number of rotatable bonds is 0. The van der Waals surface area contributed by atoms with Crippen molar-refractivity contribution in [3.05, 3.63) is 44.8 Å². The van der Waals surface area contributed by atoms with E-state index >= 15 is 0 Å². The molecular weight excluding hydrogens is 292 g/mol. The van der Waals surface area contributed by atoms with Crippen LogP contribution in [0.4, 0.5) is 0 Å². The van der Waals surface area contributed by atoms with Crippen molar-refractivity contribution < 1.29 is 0 Å². The second-order valence-electron chi connectivity index (χ2n) is 3.03. The van der Waals surface area contributed by atoms with E-state index < -0.39 is 0 Å². The molecule has 0 radical (unpaired) electrons. The van der Waals surface area contributed by atoms with Crippen LogP contribution in [-0.2, 0) is 0 Å². The predicted molar refractivity (Wildman–Crippen MR) is 64.1 cm³/mol. The number of fused-ring (bicyclic) bond motifs is 1. The lowest BCUT2D eigenvalue weighted by molar-refractivity contribution is 1.45. The zero-order valence-corrected chi connectivity index (χ0v) is 10.3. The molecule has 2 heteroatoms. The summed E-state index contributed by atoms with van der Waals surface area (Å²) in [6.07, 6.45) is 0. The zero-order valence-electron chi connectivity index (χ0n) is 7.14. The van der Waals surface area contributed by atoms with E-state index in [0.29, 0.717) is 0 Å². The molecule has 0 aliphatic carbocycles. The van der Waals surface area contributed by atoms with Gasteiger partial charge in [-0.25, -0.2) is 0 Å². The summed E-state index contributed by atoms with van der Waals surface area (Å²) >= 11 is 7.16. The first kappa shape index (κ1) is 9.22. The Balaban J connectivity index is 2.97. The number of hydrogen-bond donors (Lipinski definition) is 0. The SMILES string of the molecule is Cc1cc(Br)c2ccccc2c1Br. The Hall–Kier alpha value is -0.340. The van der Waals surface area contributed by atoms with Crippen molar-refractivity contribution >= 4 is 42.6 Å². The highest BCUT2D eigenvalue weighted by Gasteiger charge is 2.04. The van der Waals surface area contributed by atoms with E-state index in [-0.39, 0.29) is 0 Å². The fourth-order valence-electron chi connectivity index (χ4n) is 1.43. The second-order valence-corrected chi connectivity index (χ2v) is 4.68. The maximum atomic E-state index is 3.59. The van der Waals surface area contributed by atoms with Crippen LogP contribution in [0.5, 0.6) is 0 Å². The summed E-state index contributed by atoms with van der Waals surface area (Å²) < 4.78 is 2.34. The molecule has 0 bridgehead atoms. The average Bonchev–Trinajstić information content (AvgIpc) is 2.15. The van der Waals surface area contributed by atoms with Crippen LogP contribution in [0.3, 0.4) is 0 Å². The monoisotopic (exact) mass is 298 g/mol. The van der Waals surface area contributed by atoms with Crippen molar-refractivity contribution in [3.8, 4) is 0 Å². The van der Waals surface area contributed by atoms with Crippen molar-refractivity contribution in [3.63, 3.8) is 0 Å². The first-order valence-electron chi connectivity index (χ1n) is 4.03. The van der Waals surface area contributed by atoms with Gasteiger partial charge < -0.3 is 0 Å². The van der Waals surface area contributed by atoms with Gasteiger partial charge in [0.05, 0.1) is 0 Å². The van der Waals surface area contributed by atoms with Crippen molar-refractivity contribution in [2.45, 2.75) is 6.92 Å². The molecule has 0 amide bonds. The van der Waals surface area contributed by atoms with E-state index in [4.69, 9.17) is 0 Å². The smallest absolute Gasteiger partial charge is 0.0283 e. The fraction of sp³-hybridized carbons (Fsp3) is 0.0909. The van der Waals surface area contributed by atoms with Gasteiger partial charge in [0.2, 0.25) is 0 Å². The third-order valence-corrected chi connectivity index (χ3v) is 3.82. The van der Waals surface area contributed by atoms with Gasteiger partial charge in [-0.05, 0) is 45.3 Å². The van der Waals surface area contributed by atoms with E-state index in [9.17, 15) is 0 Å². The topological polar surface area (TPSA) is 0 Å². The lowest BCUT2D eigenvalue weighted by atomic mass is 10.1. The lowest BCUT2D eigenvalue weighted by Crippen LogP contribution is -1.81. The van der Waals surface area contributed by atoms with Crippen LogP contribution in [0.25, 0.3) is 10.8 Å². The van der Waals surface area contributed by atoms with Crippen LogP contribution in [0, 0.1) is 6.92 Å². The number of aryl methyl sites for hydroxylation is 1. The van der Waals surface area contributed by atoms with Gasteiger partial charge in [-0.2, -0.15) is 0 Å². The standard InChI is InChI=1S/C11H8Br2/c1-7-6-10(12)8-4-2-3-5-9(8)11(7)13/h2-6H,1H3. The van der Waals surface area contributed by atoms with Crippen LogP contribution in [0.15, 0.2) is 39.3 Å². The van der Waals surface area contributed by atoms with Crippen molar-refractivity contribution in [2.24, 2.45) is 0 Å². The fourth-order valence-corrected chi connectivity index (χ4v) is 2.58. The second kappa shape index (κ2) is 3.43. The van der Waals surface area contributed by atoms with Gasteiger partial charge in [-0.1, -0.05) is 40.2 Å². The summed E-state index contributed by atoms with van der Waals surface area (Å²) in [6, 6.07) is 10.5. The Bertz CT molecular complexity index is 461. The first-order valence-corrected chi connectivity index (χ1v) is 5.62. The van der Waals surface area contributed by atoms with Crippen LogP contribution in [-0.4, -0.2) is 0 Å². The highest BCUT2D eigenvalue weighted by molar-refractivity contribution is 9.11. The molecule has 0 aliphatic heterocycles. The number of hydrogen-bond acceptors (Lipinski definition) is 0.